The first kappa shape index (κ1) is 22.0. The van der Waals surface area contributed by atoms with Crippen LogP contribution in [-0.2, 0) is 7.05 Å². The van der Waals surface area contributed by atoms with Gasteiger partial charge in [0.25, 0.3) is 0 Å². The van der Waals surface area contributed by atoms with Crippen molar-refractivity contribution in [2.24, 2.45) is 7.05 Å². The summed E-state index contributed by atoms with van der Waals surface area (Å²) in [5, 5.41) is 17.6. The third-order valence-corrected chi connectivity index (χ3v) is 6.37. The smallest absolute Gasteiger partial charge is 0.247 e. The van der Waals surface area contributed by atoms with E-state index in [-0.39, 0.29) is 11.1 Å². The van der Waals surface area contributed by atoms with Crippen LogP contribution in [0.15, 0.2) is 58.1 Å². The van der Waals surface area contributed by atoms with E-state index in [9.17, 15) is 4.39 Å². The molecule has 0 aliphatic heterocycles. The zero-order valence-electron chi connectivity index (χ0n) is 18.5. The van der Waals surface area contributed by atoms with Gasteiger partial charge in [-0.2, -0.15) is 0 Å². The molecule has 0 N–H and O–H groups in total. The fourth-order valence-corrected chi connectivity index (χ4v) is 4.24. The van der Waals surface area contributed by atoms with Crippen LogP contribution < -0.4 is 4.90 Å². The second kappa shape index (κ2) is 9.52. The molecule has 0 aliphatic carbocycles. The van der Waals surface area contributed by atoms with Gasteiger partial charge in [0, 0.05) is 37.0 Å². The van der Waals surface area contributed by atoms with Gasteiger partial charge in [-0.3, -0.25) is 0 Å². The van der Waals surface area contributed by atoms with Gasteiger partial charge in [-0.05, 0) is 69.3 Å². The van der Waals surface area contributed by atoms with Crippen molar-refractivity contribution in [2.75, 3.05) is 18.0 Å². The van der Waals surface area contributed by atoms with Crippen molar-refractivity contribution < 1.29 is 8.81 Å². The quantitative estimate of drug-likeness (QED) is 0.333. The normalized spacial score (nSPS) is 12.2. The number of hydrogen-bond acceptors (Lipinski definition) is 7. The number of thioether (sulfide) groups is 1. The molecular formula is C23H25FN6OS. The molecule has 0 amide bonds. The van der Waals surface area contributed by atoms with Crippen LogP contribution in [0.2, 0.25) is 0 Å². The average Bonchev–Trinajstić information content (AvgIpc) is 3.44. The Morgan fingerprint density at radius 3 is 2.25 bits per heavy atom. The summed E-state index contributed by atoms with van der Waals surface area (Å²) >= 11 is 1.49. The zero-order valence-corrected chi connectivity index (χ0v) is 19.3. The Labute approximate surface area is 190 Å². The minimum atomic E-state index is -0.307. The van der Waals surface area contributed by atoms with Gasteiger partial charge in [-0.25, -0.2) is 4.39 Å². The topological polar surface area (TPSA) is 72.9 Å². The van der Waals surface area contributed by atoms with Gasteiger partial charge in [0.2, 0.25) is 11.8 Å². The van der Waals surface area contributed by atoms with Crippen LogP contribution in [0.4, 0.5) is 10.1 Å². The Morgan fingerprint density at radius 2 is 1.59 bits per heavy atom. The van der Waals surface area contributed by atoms with Gasteiger partial charge in [0.1, 0.15) is 5.82 Å². The van der Waals surface area contributed by atoms with Crippen molar-refractivity contribution in [3.05, 3.63) is 60.2 Å². The van der Waals surface area contributed by atoms with Gasteiger partial charge in [0.15, 0.2) is 11.0 Å². The standard InChI is InChI=1S/C23H25FN6OS/c1-5-30(6-2)19-13-9-16(10-14-19)20-25-28-23(29(20)4)32-15(3)21-26-27-22(31-21)17-7-11-18(24)12-8-17/h7-15H,5-6H2,1-4H3/t15-/m0/s1. The van der Waals surface area contributed by atoms with E-state index in [0.717, 1.165) is 29.6 Å². The number of anilines is 1. The molecule has 0 fully saturated rings. The molecule has 0 unspecified atom stereocenters. The third kappa shape index (κ3) is 4.52. The molecule has 166 valence electrons. The lowest BCUT2D eigenvalue weighted by atomic mass is 10.2. The summed E-state index contributed by atoms with van der Waals surface area (Å²) in [7, 11) is 1.94. The Balaban J connectivity index is 1.48. The molecule has 0 aliphatic rings. The highest BCUT2D eigenvalue weighted by Crippen LogP contribution is 2.35. The van der Waals surface area contributed by atoms with Crippen molar-refractivity contribution in [1.29, 1.82) is 0 Å². The van der Waals surface area contributed by atoms with Crippen LogP contribution >= 0.6 is 11.8 Å². The maximum atomic E-state index is 13.1. The van der Waals surface area contributed by atoms with Gasteiger partial charge < -0.3 is 13.9 Å². The zero-order chi connectivity index (χ0) is 22.7. The van der Waals surface area contributed by atoms with E-state index < -0.39 is 0 Å². The maximum absolute atomic E-state index is 13.1. The molecule has 0 radical (unpaired) electrons. The number of benzene rings is 2. The lowest BCUT2D eigenvalue weighted by Crippen LogP contribution is -2.21. The van der Waals surface area contributed by atoms with Gasteiger partial charge in [-0.1, -0.05) is 11.8 Å². The van der Waals surface area contributed by atoms with E-state index in [4.69, 9.17) is 4.42 Å². The number of hydrogen-bond donors (Lipinski definition) is 0. The highest BCUT2D eigenvalue weighted by molar-refractivity contribution is 7.99. The second-order valence-electron chi connectivity index (χ2n) is 7.30. The first-order valence-corrected chi connectivity index (χ1v) is 11.4. The Kier molecular flexibility index (Phi) is 6.55. The fraction of sp³-hybridized carbons (Fsp3) is 0.304. The molecule has 32 heavy (non-hydrogen) atoms. The molecular weight excluding hydrogens is 427 g/mol. The summed E-state index contributed by atoms with van der Waals surface area (Å²) < 4.78 is 20.9. The Hall–Kier alpha value is -3.20. The monoisotopic (exact) mass is 452 g/mol. The molecule has 2 aromatic heterocycles. The van der Waals surface area contributed by atoms with Gasteiger partial charge in [0.05, 0.1) is 5.25 Å². The molecule has 4 rings (SSSR count). The molecule has 0 bridgehead atoms. The predicted octanol–water partition coefficient (Wildman–Crippen LogP) is 5.37. The third-order valence-electron chi connectivity index (χ3n) is 5.25. The highest BCUT2D eigenvalue weighted by atomic mass is 32.2. The molecule has 2 aromatic carbocycles. The minimum Gasteiger partial charge on any atom is -0.419 e. The van der Waals surface area contributed by atoms with Crippen molar-refractivity contribution in [3.63, 3.8) is 0 Å². The highest BCUT2D eigenvalue weighted by Gasteiger charge is 2.20. The van der Waals surface area contributed by atoms with E-state index in [1.54, 1.807) is 12.1 Å². The molecule has 1 atom stereocenters. The summed E-state index contributed by atoms with van der Waals surface area (Å²) in [6.07, 6.45) is 0. The van der Waals surface area contributed by atoms with E-state index in [1.165, 1.54) is 29.6 Å². The SMILES string of the molecule is CCN(CC)c1ccc(-c2nnc(S[C@@H](C)c3nnc(-c4ccc(F)cc4)o3)n2C)cc1. The first-order chi connectivity index (χ1) is 15.5. The van der Waals surface area contributed by atoms with E-state index >= 15 is 0 Å². The fourth-order valence-electron chi connectivity index (χ4n) is 3.40. The van der Waals surface area contributed by atoms with Crippen molar-refractivity contribution >= 4 is 17.4 Å². The number of halogens is 1. The first-order valence-electron chi connectivity index (χ1n) is 10.5. The molecule has 9 heteroatoms. The number of rotatable bonds is 8. The predicted molar refractivity (Wildman–Crippen MR) is 124 cm³/mol. The number of aromatic nitrogens is 5. The molecule has 0 saturated heterocycles. The van der Waals surface area contributed by atoms with Gasteiger partial charge >= 0.3 is 0 Å². The second-order valence-corrected chi connectivity index (χ2v) is 8.60. The van der Waals surface area contributed by atoms with Crippen LogP contribution in [0.1, 0.15) is 31.9 Å². The lowest BCUT2D eigenvalue weighted by molar-refractivity contribution is 0.508. The Morgan fingerprint density at radius 1 is 0.938 bits per heavy atom. The van der Waals surface area contributed by atoms with Crippen LogP contribution in [-0.4, -0.2) is 38.1 Å². The summed E-state index contributed by atoms with van der Waals surface area (Å²) in [5.74, 6) is 1.32. The molecule has 4 aromatic rings. The van der Waals surface area contributed by atoms with Crippen LogP contribution in [0.5, 0.6) is 0 Å². The molecule has 2 heterocycles. The molecule has 0 spiro atoms. The van der Waals surface area contributed by atoms with Crippen molar-refractivity contribution in [2.45, 2.75) is 31.2 Å². The van der Waals surface area contributed by atoms with E-state index in [0.29, 0.717) is 17.3 Å². The van der Waals surface area contributed by atoms with E-state index in [2.05, 4.69) is 63.4 Å². The summed E-state index contributed by atoms with van der Waals surface area (Å²) in [6.45, 7) is 8.21. The largest absolute Gasteiger partial charge is 0.419 e. The summed E-state index contributed by atoms with van der Waals surface area (Å²) in [5.41, 5.74) is 2.88. The molecule has 7 nitrogen and oxygen atoms in total. The van der Waals surface area contributed by atoms with Gasteiger partial charge in [-0.15, -0.1) is 20.4 Å². The van der Waals surface area contributed by atoms with Crippen LogP contribution in [0.3, 0.4) is 0 Å². The Bertz CT molecular complexity index is 1170. The molecule has 0 saturated carbocycles. The number of nitrogens with zero attached hydrogens (tertiary/aromatic N) is 6. The van der Waals surface area contributed by atoms with Crippen molar-refractivity contribution in [3.8, 4) is 22.8 Å². The summed E-state index contributed by atoms with van der Waals surface area (Å²) in [6, 6.07) is 14.3. The minimum absolute atomic E-state index is 0.127. The van der Waals surface area contributed by atoms with Crippen molar-refractivity contribution in [1.82, 2.24) is 25.0 Å². The van der Waals surface area contributed by atoms with Crippen LogP contribution in [0, 0.1) is 5.82 Å². The van der Waals surface area contributed by atoms with E-state index in [1.807, 2.05) is 18.5 Å². The maximum Gasteiger partial charge on any atom is 0.247 e. The van der Waals surface area contributed by atoms with Crippen LogP contribution in [0.25, 0.3) is 22.8 Å². The average molecular weight is 453 g/mol. The lowest BCUT2D eigenvalue weighted by Gasteiger charge is -2.21. The summed E-state index contributed by atoms with van der Waals surface area (Å²) in [4.78, 5) is 2.30.